The highest BCUT2D eigenvalue weighted by Crippen LogP contribution is 2.36. The van der Waals surface area contributed by atoms with Gasteiger partial charge in [0, 0.05) is 23.5 Å². The number of amides is 1. The predicted molar refractivity (Wildman–Crippen MR) is 98.6 cm³/mol. The van der Waals surface area contributed by atoms with Gasteiger partial charge in [0.25, 0.3) is 5.89 Å². The number of aromatic amines is 1. The Balaban J connectivity index is 1.56. The molecule has 6 heteroatoms. The Morgan fingerprint density at radius 1 is 1.27 bits per heavy atom. The van der Waals surface area contributed by atoms with Gasteiger partial charge in [0.1, 0.15) is 5.54 Å². The summed E-state index contributed by atoms with van der Waals surface area (Å²) in [6, 6.07) is 8.03. The normalized spacial score (nSPS) is 16.7. The molecule has 1 saturated carbocycles. The lowest BCUT2D eigenvalue weighted by Crippen LogP contribution is -2.48. The zero-order chi connectivity index (χ0) is 18.0. The van der Waals surface area contributed by atoms with E-state index < -0.39 is 5.54 Å². The first kappa shape index (κ1) is 16.8. The van der Waals surface area contributed by atoms with Crippen molar-refractivity contribution in [1.29, 1.82) is 0 Å². The van der Waals surface area contributed by atoms with Gasteiger partial charge in [-0.15, -0.1) is 0 Å². The van der Waals surface area contributed by atoms with E-state index in [1.807, 2.05) is 37.4 Å². The SMILES string of the molecule is CCc1noc(C2(NC(=O)Cc3c[nH]c4ccccc34)CCCCC2)n1. The Labute approximate surface area is 152 Å². The van der Waals surface area contributed by atoms with Crippen LogP contribution in [0.25, 0.3) is 10.9 Å². The van der Waals surface area contributed by atoms with Crippen LogP contribution in [0, 0.1) is 0 Å². The van der Waals surface area contributed by atoms with E-state index in [-0.39, 0.29) is 5.91 Å². The topological polar surface area (TPSA) is 83.8 Å². The van der Waals surface area contributed by atoms with E-state index in [1.165, 1.54) is 6.42 Å². The number of nitrogens with one attached hydrogen (secondary N) is 2. The highest BCUT2D eigenvalue weighted by Gasteiger charge is 2.40. The number of benzene rings is 1. The number of hydrogen-bond acceptors (Lipinski definition) is 4. The van der Waals surface area contributed by atoms with Crippen LogP contribution in [0.5, 0.6) is 0 Å². The van der Waals surface area contributed by atoms with E-state index in [2.05, 4.69) is 20.4 Å². The molecule has 0 saturated heterocycles. The Morgan fingerprint density at radius 3 is 2.85 bits per heavy atom. The van der Waals surface area contributed by atoms with E-state index in [0.29, 0.717) is 18.1 Å². The van der Waals surface area contributed by atoms with Gasteiger partial charge in [-0.05, 0) is 24.5 Å². The molecule has 1 fully saturated rings. The van der Waals surface area contributed by atoms with Crippen LogP contribution >= 0.6 is 0 Å². The van der Waals surface area contributed by atoms with Gasteiger partial charge < -0.3 is 14.8 Å². The number of aryl methyl sites for hydroxylation is 1. The molecule has 6 nitrogen and oxygen atoms in total. The number of hydrogen-bond donors (Lipinski definition) is 2. The van der Waals surface area contributed by atoms with Crippen LogP contribution in [-0.4, -0.2) is 21.0 Å². The number of aromatic nitrogens is 3. The van der Waals surface area contributed by atoms with Gasteiger partial charge in [0.15, 0.2) is 5.82 Å². The van der Waals surface area contributed by atoms with E-state index in [9.17, 15) is 4.79 Å². The third-order valence-corrected chi connectivity index (χ3v) is 5.31. The van der Waals surface area contributed by atoms with E-state index in [1.54, 1.807) is 0 Å². The fourth-order valence-electron chi connectivity index (χ4n) is 3.90. The molecule has 2 N–H and O–H groups in total. The van der Waals surface area contributed by atoms with Crippen LogP contribution in [0.3, 0.4) is 0 Å². The molecule has 1 aliphatic rings. The Hall–Kier alpha value is -2.63. The first-order valence-corrected chi connectivity index (χ1v) is 9.39. The second kappa shape index (κ2) is 6.94. The second-order valence-electron chi connectivity index (χ2n) is 7.10. The summed E-state index contributed by atoms with van der Waals surface area (Å²) in [5.41, 5.74) is 1.53. The van der Waals surface area contributed by atoms with Gasteiger partial charge in [-0.25, -0.2) is 0 Å². The smallest absolute Gasteiger partial charge is 0.252 e. The Morgan fingerprint density at radius 2 is 2.08 bits per heavy atom. The minimum absolute atomic E-state index is 0.00657. The van der Waals surface area contributed by atoms with Crippen molar-refractivity contribution in [1.82, 2.24) is 20.4 Å². The first-order valence-electron chi connectivity index (χ1n) is 9.39. The molecule has 0 bridgehead atoms. The summed E-state index contributed by atoms with van der Waals surface area (Å²) in [6.45, 7) is 2.00. The second-order valence-corrected chi connectivity index (χ2v) is 7.10. The lowest BCUT2D eigenvalue weighted by molar-refractivity contribution is -0.123. The molecule has 1 aromatic carbocycles. The van der Waals surface area contributed by atoms with Crippen molar-refractivity contribution in [3.63, 3.8) is 0 Å². The maximum absolute atomic E-state index is 12.9. The van der Waals surface area contributed by atoms with Crippen molar-refractivity contribution in [3.8, 4) is 0 Å². The number of H-pyrrole nitrogens is 1. The molecule has 0 atom stereocenters. The van der Waals surface area contributed by atoms with Gasteiger partial charge in [-0.1, -0.05) is 49.5 Å². The zero-order valence-corrected chi connectivity index (χ0v) is 15.0. The number of nitrogens with zero attached hydrogens (tertiary/aromatic N) is 2. The lowest BCUT2D eigenvalue weighted by Gasteiger charge is -2.34. The first-order chi connectivity index (χ1) is 12.7. The molecule has 2 heterocycles. The largest absolute Gasteiger partial charge is 0.361 e. The number of rotatable bonds is 5. The highest BCUT2D eigenvalue weighted by molar-refractivity contribution is 5.89. The molecule has 2 aromatic heterocycles. The summed E-state index contributed by atoms with van der Waals surface area (Å²) in [4.78, 5) is 20.6. The van der Waals surface area contributed by atoms with E-state index in [4.69, 9.17) is 4.52 Å². The van der Waals surface area contributed by atoms with Crippen LogP contribution in [0.2, 0.25) is 0 Å². The molecule has 3 aromatic rings. The maximum Gasteiger partial charge on any atom is 0.252 e. The van der Waals surface area contributed by atoms with Crippen molar-refractivity contribution in [2.24, 2.45) is 0 Å². The van der Waals surface area contributed by atoms with Gasteiger partial charge in [0.2, 0.25) is 5.91 Å². The standard InChI is InChI=1S/C20H24N4O2/c1-2-17-22-19(26-24-17)20(10-6-3-7-11-20)23-18(25)12-14-13-21-16-9-5-4-8-15(14)16/h4-5,8-9,13,21H,2-3,6-7,10-12H2,1H3,(H,23,25). The molecule has 0 unspecified atom stereocenters. The number of carbonyl (C=O) groups is 1. The van der Waals surface area contributed by atoms with Crippen molar-refractivity contribution in [2.75, 3.05) is 0 Å². The molecular formula is C20H24N4O2. The van der Waals surface area contributed by atoms with Crippen molar-refractivity contribution in [3.05, 3.63) is 47.7 Å². The van der Waals surface area contributed by atoms with Crippen molar-refractivity contribution < 1.29 is 9.32 Å². The summed E-state index contributed by atoms with van der Waals surface area (Å²) in [5, 5.41) is 8.37. The molecule has 26 heavy (non-hydrogen) atoms. The molecule has 0 spiro atoms. The van der Waals surface area contributed by atoms with Crippen molar-refractivity contribution in [2.45, 2.75) is 57.4 Å². The van der Waals surface area contributed by atoms with E-state index in [0.717, 1.165) is 48.6 Å². The molecule has 1 amide bonds. The maximum atomic E-state index is 12.9. The molecule has 0 radical (unpaired) electrons. The minimum atomic E-state index is -0.526. The number of fused-ring (bicyclic) bond motifs is 1. The molecule has 0 aliphatic heterocycles. The number of para-hydroxylation sites is 1. The summed E-state index contributed by atoms with van der Waals surface area (Å²) < 4.78 is 5.52. The third kappa shape index (κ3) is 3.11. The van der Waals surface area contributed by atoms with E-state index >= 15 is 0 Å². The van der Waals surface area contributed by atoms with Crippen LogP contribution in [0.4, 0.5) is 0 Å². The molecule has 4 rings (SSSR count). The quantitative estimate of drug-likeness (QED) is 0.734. The average Bonchev–Trinajstić information content (AvgIpc) is 3.30. The summed E-state index contributed by atoms with van der Waals surface area (Å²) in [7, 11) is 0. The summed E-state index contributed by atoms with van der Waals surface area (Å²) in [5.74, 6) is 1.24. The average molecular weight is 352 g/mol. The van der Waals surface area contributed by atoms with Crippen LogP contribution in [-0.2, 0) is 23.2 Å². The monoisotopic (exact) mass is 352 g/mol. The van der Waals surface area contributed by atoms with Gasteiger partial charge >= 0.3 is 0 Å². The van der Waals surface area contributed by atoms with Gasteiger partial charge in [-0.2, -0.15) is 4.98 Å². The molecular weight excluding hydrogens is 328 g/mol. The summed E-state index contributed by atoms with van der Waals surface area (Å²) >= 11 is 0. The van der Waals surface area contributed by atoms with Crippen molar-refractivity contribution >= 4 is 16.8 Å². The fourth-order valence-corrected chi connectivity index (χ4v) is 3.90. The molecule has 1 aliphatic carbocycles. The van der Waals surface area contributed by atoms with Crippen LogP contribution < -0.4 is 5.32 Å². The van der Waals surface area contributed by atoms with Crippen LogP contribution in [0.15, 0.2) is 35.0 Å². The Kier molecular flexibility index (Phi) is 4.49. The Bertz CT molecular complexity index is 905. The molecule has 136 valence electrons. The summed E-state index contributed by atoms with van der Waals surface area (Å²) in [6.07, 6.45) is 7.95. The van der Waals surface area contributed by atoms with Gasteiger partial charge in [-0.3, -0.25) is 4.79 Å². The minimum Gasteiger partial charge on any atom is -0.361 e. The van der Waals surface area contributed by atoms with Crippen LogP contribution in [0.1, 0.15) is 56.3 Å². The zero-order valence-electron chi connectivity index (χ0n) is 15.0. The lowest BCUT2D eigenvalue weighted by atomic mass is 9.81. The fraction of sp³-hybridized carbons (Fsp3) is 0.450. The highest BCUT2D eigenvalue weighted by atomic mass is 16.5. The number of carbonyl (C=O) groups excluding carboxylic acids is 1. The third-order valence-electron chi connectivity index (χ3n) is 5.31. The van der Waals surface area contributed by atoms with Gasteiger partial charge in [0.05, 0.1) is 6.42 Å². The predicted octanol–water partition coefficient (Wildman–Crippen LogP) is 3.63.